The summed E-state index contributed by atoms with van der Waals surface area (Å²) >= 11 is 6.81. The van der Waals surface area contributed by atoms with E-state index in [1.54, 1.807) is 4.90 Å². The van der Waals surface area contributed by atoms with Crippen LogP contribution in [0.25, 0.3) is 6.08 Å². The van der Waals surface area contributed by atoms with Gasteiger partial charge in [0.05, 0.1) is 10.6 Å². The smallest absolute Gasteiger partial charge is 0.270 e. The monoisotopic (exact) mass is 476 g/mol. The molecule has 1 saturated heterocycles. The molecule has 0 aromatic heterocycles. The largest absolute Gasteiger partial charge is 0.490 e. The minimum atomic E-state index is -0.134. The van der Waals surface area contributed by atoms with Crippen LogP contribution in [0.4, 0.5) is 11.4 Å². The molecule has 0 unspecified atom stereocenters. The second-order valence-corrected chi connectivity index (χ2v) is 9.15. The molecule has 1 aliphatic rings. The van der Waals surface area contributed by atoms with Crippen molar-refractivity contribution < 1.29 is 14.3 Å². The van der Waals surface area contributed by atoms with Crippen LogP contribution in [0.3, 0.4) is 0 Å². The summed E-state index contributed by atoms with van der Waals surface area (Å²) in [5, 5.41) is 0. The van der Waals surface area contributed by atoms with E-state index in [4.69, 9.17) is 21.7 Å². The summed E-state index contributed by atoms with van der Waals surface area (Å²) in [7, 11) is 3.95. The number of ether oxygens (including phenoxy) is 2. The van der Waals surface area contributed by atoms with Crippen LogP contribution in [0.5, 0.6) is 11.5 Å². The maximum absolute atomic E-state index is 13.1. The molecule has 1 aliphatic heterocycles. The van der Waals surface area contributed by atoms with Crippen LogP contribution < -0.4 is 19.3 Å². The molecule has 0 radical (unpaired) electrons. The first-order chi connectivity index (χ1) is 16.0. The Morgan fingerprint density at radius 2 is 1.58 bits per heavy atom. The van der Waals surface area contributed by atoms with Gasteiger partial charge in [-0.2, -0.15) is 0 Å². The number of thiocarbonyl (C=S) groups is 1. The van der Waals surface area contributed by atoms with Gasteiger partial charge in [-0.05, 0) is 48.5 Å². The number of benzene rings is 3. The summed E-state index contributed by atoms with van der Waals surface area (Å²) in [4.78, 5) is 17.3. The number of amides is 1. The number of thioether (sulfide) groups is 1. The van der Waals surface area contributed by atoms with Crippen LogP contribution in [0.15, 0.2) is 83.8 Å². The van der Waals surface area contributed by atoms with Crippen LogP contribution in [0.2, 0.25) is 0 Å². The Labute approximate surface area is 203 Å². The molecule has 5 nitrogen and oxygen atoms in total. The molecule has 0 atom stereocenters. The van der Waals surface area contributed by atoms with Gasteiger partial charge in [-0.25, -0.2) is 0 Å². The highest BCUT2D eigenvalue weighted by atomic mass is 32.2. The van der Waals surface area contributed by atoms with Gasteiger partial charge >= 0.3 is 0 Å². The number of para-hydroxylation sites is 2. The summed E-state index contributed by atoms with van der Waals surface area (Å²) in [6.07, 6.45) is 1.83. The number of rotatable bonds is 8. The minimum absolute atomic E-state index is 0.134. The highest BCUT2D eigenvalue weighted by Crippen LogP contribution is 2.37. The molecule has 0 spiro atoms. The van der Waals surface area contributed by atoms with Crippen molar-refractivity contribution in [3.8, 4) is 11.5 Å². The standard InChI is InChI=1S/C26H24N2O3S2/c1-27(2)20-12-14-21(15-13-20)28-25(29)24(33-26(28)32)18-19-8-6-7-11-23(19)31-17-16-30-22-9-4-3-5-10-22/h3-15,18H,16-17H2,1-2H3/b24-18+. The van der Waals surface area contributed by atoms with Crippen molar-refractivity contribution in [2.24, 2.45) is 0 Å². The minimum Gasteiger partial charge on any atom is -0.490 e. The molecule has 3 aromatic rings. The lowest BCUT2D eigenvalue weighted by Crippen LogP contribution is -2.27. The van der Waals surface area contributed by atoms with E-state index >= 15 is 0 Å². The molecule has 0 aliphatic carbocycles. The Morgan fingerprint density at radius 3 is 2.30 bits per heavy atom. The van der Waals surface area contributed by atoms with Gasteiger partial charge in [-0.15, -0.1) is 0 Å². The molecule has 0 saturated carbocycles. The summed E-state index contributed by atoms with van der Waals surface area (Å²) in [5.41, 5.74) is 2.64. The zero-order chi connectivity index (χ0) is 23.2. The van der Waals surface area contributed by atoms with Crippen LogP contribution in [0, 0.1) is 0 Å². The zero-order valence-electron chi connectivity index (χ0n) is 18.4. The molecule has 33 heavy (non-hydrogen) atoms. The third-order valence-corrected chi connectivity index (χ3v) is 6.28. The van der Waals surface area contributed by atoms with Gasteiger partial charge in [0.25, 0.3) is 5.91 Å². The van der Waals surface area contributed by atoms with Crippen molar-refractivity contribution in [3.63, 3.8) is 0 Å². The number of hydrogen-bond acceptors (Lipinski definition) is 6. The Kier molecular flexibility index (Phi) is 7.32. The van der Waals surface area contributed by atoms with Gasteiger partial charge in [-0.1, -0.05) is 60.4 Å². The summed E-state index contributed by atoms with van der Waals surface area (Å²) in [6.45, 7) is 0.808. The van der Waals surface area contributed by atoms with Gasteiger partial charge < -0.3 is 14.4 Å². The molecule has 168 valence electrons. The predicted molar refractivity (Wildman–Crippen MR) is 140 cm³/mol. The maximum Gasteiger partial charge on any atom is 0.270 e. The first-order valence-electron chi connectivity index (χ1n) is 10.5. The Morgan fingerprint density at radius 1 is 0.909 bits per heavy atom. The van der Waals surface area contributed by atoms with Crippen molar-refractivity contribution in [1.82, 2.24) is 0 Å². The second kappa shape index (κ2) is 10.6. The maximum atomic E-state index is 13.1. The van der Waals surface area contributed by atoms with Crippen molar-refractivity contribution in [2.75, 3.05) is 37.1 Å². The molecule has 0 bridgehead atoms. The molecule has 1 fully saturated rings. The summed E-state index contributed by atoms with van der Waals surface area (Å²) in [6, 6.07) is 25.0. The van der Waals surface area contributed by atoms with Gasteiger partial charge in [0, 0.05) is 25.3 Å². The molecular weight excluding hydrogens is 452 g/mol. The van der Waals surface area contributed by atoms with Crippen molar-refractivity contribution in [1.29, 1.82) is 0 Å². The molecule has 0 N–H and O–H groups in total. The SMILES string of the molecule is CN(C)c1ccc(N2C(=O)/C(=C\c3ccccc3OCCOc3ccccc3)SC2=S)cc1. The van der Waals surface area contributed by atoms with Gasteiger partial charge in [0.2, 0.25) is 0 Å². The fourth-order valence-corrected chi connectivity index (χ4v) is 4.58. The highest BCUT2D eigenvalue weighted by Gasteiger charge is 2.33. The fourth-order valence-electron chi connectivity index (χ4n) is 3.29. The van der Waals surface area contributed by atoms with E-state index in [0.717, 1.165) is 22.7 Å². The van der Waals surface area contributed by atoms with Crippen molar-refractivity contribution in [3.05, 3.63) is 89.3 Å². The quantitative estimate of drug-likeness (QED) is 0.239. The lowest BCUT2D eigenvalue weighted by Gasteiger charge is -2.17. The average molecular weight is 477 g/mol. The van der Waals surface area contributed by atoms with E-state index in [0.29, 0.717) is 28.2 Å². The van der Waals surface area contributed by atoms with E-state index in [9.17, 15) is 4.79 Å². The van der Waals surface area contributed by atoms with Gasteiger partial charge in [-0.3, -0.25) is 9.69 Å². The first-order valence-corrected chi connectivity index (χ1v) is 11.7. The number of carbonyl (C=O) groups is 1. The van der Waals surface area contributed by atoms with Crippen molar-refractivity contribution >= 4 is 51.7 Å². The molecule has 1 amide bonds. The van der Waals surface area contributed by atoms with E-state index in [2.05, 4.69) is 0 Å². The van der Waals surface area contributed by atoms with Crippen LogP contribution in [0.1, 0.15) is 5.56 Å². The lowest BCUT2D eigenvalue weighted by atomic mass is 10.2. The summed E-state index contributed by atoms with van der Waals surface area (Å²) in [5.74, 6) is 1.36. The number of nitrogens with zero attached hydrogens (tertiary/aromatic N) is 2. The normalized spacial score (nSPS) is 14.6. The highest BCUT2D eigenvalue weighted by molar-refractivity contribution is 8.27. The Hall–Kier alpha value is -3.29. The van der Waals surface area contributed by atoms with E-state index in [-0.39, 0.29) is 5.91 Å². The average Bonchev–Trinajstić information content (AvgIpc) is 3.11. The molecular formula is C26H24N2O3S2. The zero-order valence-corrected chi connectivity index (χ0v) is 20.1. The van der Waals surface area contributed by atoms with Crippen molar-refractivity contribution in [2.45, 2.75) is 0 Å². The third-order valence-electron chi connectivity index (χ3n) is 4.98. The number of anilines is 2. The summed E-state index contributed by atoms with van der Waals surface area (Å²) < 4.78 is 12.1. The van der Waals surface area contributed by atoms with Crippen LogP contribution in [-0.2, 0) is 4.79 Å². The van der Waals surface area contributed by atoms with E-state index < -0.39 is 0 Å². The number of hydrogen-bond donors (Lipinski definition) is 0. The Balaban J connectivity index is 1.45. The van der Waals surface area contributed by atoms with Crippen LogP contribution >= 0.6 is 24.0 Å². The first kappa shape index (κ1) is 22.9. The van der Waals surface area contributed by atoms with Gasteiger partial charge in [0.1, 0.15) is 24.7 Å². The number of carbonyl (C=O) groups excluding carboxylic acids is 1. The Bertz CT molecular complexity index is 1160. The molecule has 4 rings (SSSR count). The fraction of sp³-hybridized carbons (Fsp3) is 0.154. The second-order valence-electron chi connectivity index (χ2n) is 7.48. The molecule has 3 aromatic carbocycles. The van der Waals surface area contributed by atoms with E-state index in [1.165, 1.54) is 11.8 Å². The predicted octanol–water partition coefficient (Wildman–Crippen LogP) is 5.62. The topological polar surface area (TPSA) is 42.0 Å². The molecule has 1 heterocycles. The molecule has 7 heteroatoms. The van der Waals surface area contributed by atoms with Crippen LogP contribution in [-0.4, -0.2) is 37.5 Å². The van der Waals surface area contributed by atoms with E-state index in [1.807, 2.05) is 104 Å². The van der Waals surface area contributed by atoms with Gasteiger partial charge in [0.15, 0.2) is 4.32 Å². The third kappa shape index (κ3) is 5.56. The lowest BCUT2D eigenvalue weighted by molar-refractivity contribution is -0.113.